The zero-order valence-electron chi connectivity index (χ0n) is 13.2. The van der Waals surface area contributed by atoms with Crippen LogP contribution >= 0.6 is 0 Å². The summed E-state index contributed by atoms with van der Waals surface area (Å²) in [6.07, 6.45) is 4.85. The summed E-state index contributed by atoms with van der Waals surface area (Å²) in [5.74, 6) is -0.164. The molecule has 0 bridgehead atoms. The predicted molar refractivity (Wildman–Crippen MR) is 83.1 cm³/mol. The molecule has 1 aliphatic heterocycles. The highest BCUT2D eigenvalue weighted by Crippen LogP contribution is 2.11. The quantitative estimate of drug-likeness (QED) is 0.629. The van der Waals surface area contributed by atoms with E-state index in [0.717, 1.165) is 25.9 Å². The van der Waals surface area contributed by atoms with Crippen LogP contribution in [-0.2, 0) is 14.3 Å². The minimum atomic E-state index is -0.315. The fraction of sp³-hybridized carbons (Fsp3) is 0.625. The van der Waals surface area contributed by atoms with E-state index in [1.165, 1.54) is 6.26 Å². The molecule has 23 heavy (non-hydrogen) atoms. The Balaban J connectivity index is 1.41. The molecule has 2 amide bonds. The first kappa shape index (κ1) is 17.5. The second-order valence-electron chi connectivity index (χ2n) is 5.40. The lowest BCUT2D eigenvalue weighted by Gasteiger charge is -2.10. The number of hydrogen-bond donors (Lipinski definition) is 2. The lowest BCUT2D eigenvalue weighted by Crippen LogP contribution is -2.31. The molecule has 0 saturated carbocycles. The molecule has 1 atom stereocenters. The average Bonchev–Trinajstić information content (AvgIpc) is 3.23. The number of carbonyl (C=O) groups excluding carboxylic acids is 2. The van der Waals surface area contributed by atoms with Crippen LogP contribution in [0.15, 0.2) is 22.8 Å². The number of nitrogens with one attached hydrogen (secondary N) is 2. The van der Waals surface area contributed by atoms with Gasteiger partial charge >= 0.3 is 0 Å². The lowest BCUT2D eigenvalue weighted by atomic mass is 10.2. The molecule has 1 aliphatic rings. The second kappa shape index (κ2) is 10.0. The summed E-state index contributed by atoms with van der Waals surface area (Å²) in [6.45, 7) is 2.92. The van der Waals surface area contributed by atoms with Crippen molar-refractivity contribution in [3.8, 4) is 0 Å². The molecular formula is C16H24N2O5. The van der Waals surface area contributed by atoms with Gasteiger partial charge in [-0.05, 0) is 31.4 Å². The van der Waals surface area contributed by atoms with E-state index in [-0.39, 0.29) is 36.6 Å². The maximum Gasteiger partial charge on any atom is 0.286 e. The van der Waals surface area contributed by atoms with Crippen LogP contribution < -0.4 is 10.6 Å². The van der Waals surface area contributed by atoms with Crippen LogP contribution in [0.25, 0.3) is 0 Å². The summed E-state index contributed by atoms with van der Waals surface area (Å²) >= 11 is 0. The van der Waals surface area contributed by atoms with Crippen molar-refractivity contribution < 1.29 is 23.5 Å². The Morgan fingerprint density at radius 3 is 2.96 bits per heavy atom. The number of amides is 2. The summed E-state index contributed by atoms with van der Waals surface area (Å²) < 4.78 is 15.9. The van der Waals surface area contributed by atoms with Gasteiger partial charge in [-0.2, -0.15) is 0 Å². The summed E-state index contributed by atoms with van der Waals surface area (Å²) in [6, 6.07) is 3.22. The molecule has 2 rings (SSSR count). The van der Waals surface area contributed by atoms with Gasteiger partial charge in [0.1, 0.15) is 0 Å². The van der Waals surface area contributed by atoms with E-state index in [2.05, 4.69) is 10.6 Å². The molecule has 1 unspecified atom stereocenters. The van der Waals surface area contributed by atoms with Crippen molar-refractivity contribution in [1.82, 2.24) is 10.6 Å². The minimum absolute atomic E-state index is 0.0936. The number of hydrogen-bond acceptors (Lipinski definition) is 5. The van der Waals surface area contributed by atoms with E-state index in [0.29, 0.717) is 19.8 Å². The van der Waals surface area contributed by atoms with Gasteiger partial charge < -0.3 is 24.5 Å². The van der Waals surface area contributed by atoms with Gasteiger partial charge in [-0.1, -0.05) is 0 Å². The van der Waals surface area contributed by atoms with Crippen LogP contribution in [0.2, 0.25) is 0 Å². The van der Waals surface area contributed by atoms with E-state index in [1.54, 1.807) is 12.1 Å². The summed E-state index contributed by atoms with van der Waals surface area (Å²) in [4.78, 5) is 23.2. The number of furan rings is 1. The number of ether oxygens (including phenoxy) is 2. The van der Waals surface area contributed by atoms with Crippen LogP contribution in [0.1, 0.15) is 36.2 Å². The largest absolute Gasteiger partial charge is 0.459 e. The Morgan fingerprint density at radius 2 is 2.22 bits per heavy atom. The Bertz CT molecular complexity index is 469. The third-order valence-electron chi connectivity index (χ3n) is 3.50. The average molecular weight is 324 g/mol. The van der Waals surface area contributed by atoms with Crippen LogP contribution in [0.4, 0.5) is 0 Å². The lowest BCUT2D eigenvalue weighted by molar-refractivity contribution is -0.121. The van der Waals surface area contributed by atoms with Crippen LogP contribution in [0, 0.1) is 0 Å². The molecule has 1 saturated heterocycles. The number of rotatable bonds is 10. The first-order chi connectivity index (χ1) is 11.3. The van der Waals surface area contributed by atoms with E-state index in [4.69, 9.17) is 13.9 Å². The first-order valence-electron chi connectivity index (χ1n) is 8.03. The third kappa shape index (κ3) is 6.83. The van der Waals surface area contributed by atoms with Gasteiger partial charge in [-0.25, -0.2) is 0 Å². The molecule has 1 fully saturated rings. The van der Waals surface area contributed by atoms with E-state index >= 15 is 0 Å². The van der Waals surface area contributed by atoms with Gasteiger partial charge in [0.15, 0.2) is 5.76 Å². The topological polar surface area (TPSA) is 89.8 Å². The molecule has 7 heteroatoms. The van der Waals surface area contributed by atoms with Crippen molar-refractivity contribution in [2.45, 2.75) is 31.8 Å². The molecule has 1 aromatic heterocycles. The minimum Gasteiger partial charge on any atom is -0.459 e. The van der Waals surface area contributed by atoms with Crippen molar-refractivity contribution in [3.05, 3.63) is 24.2 Å². The predicted octanol–water partition coefficient (Wildman–Crippen LogP) is 1.10. The molecule has 0 spiro atoms. The fourth-order valence-corrected chi connectivity index (χ4v) is 2.27. The van der Waals surface area contributed by atoms with Crippen molar-refractivity contribution in [1.29, 1.82) is 0 Å². The fourth-order valence-electron chi connectivity index (χ4n) is 2.27. The Kier molecular flexibility index (Phi) is 7.62. The van der Waals surface area contributed by atoms with Gasteiger partial charge in [0.2, 0.25) is 5.91 Å². The summed E-state index contributed by atoms with van der Waals surface area (Å²) in [7, 11) is 0. The maximum atomic E-state index is 11.6. The Morgan fingerprint density at radius 1 is 1.30 bits per heavy atom. The van der Waals surface area contributed by atoms with E-state index in [9.17, 15) is 9.59 Å². The maximum absolute atomic E-state index is 11.6. The monoisotopic (exact) mass is 324 g/mol. The van der Waals surface area contributed by atoms with Gasteiger partial charge in [0.05, 0.1) is 19.0 Å². The zero-order chi connectivity index (χ0) is 16.3. The van der Waals surface area contributed by atoms with Gasteiger partial charge in [0.25, 0.3) is 5.91 Å². The van der Waals surface area contributed by atoms with Crippen molar-refractivity contribution in [2.75, 3.05) is 32.9 Å². The van der Waals surface area contributed by atoms with Crippen molar-refractivity contribution in [3.63, 3.8) is 0 Å². The van der Waals surface area contributed by atoms with Gasteiger partial charge in [-0.3, -0.25) is 9.59 Å². The molecule has 2 heterocycles. The third-order valence-corrected chi connectivity index (χ3v) is 3.50. The van der Waals surface area contributed by atoms with Crippen molar-refractivity contribution in [2.24, 2.45) is 0 Å². The first-order valence-corrected chi connectivity index (χ1v) is 8.03. The van der Waals surface area contributed by atoms with Gasteiger partial charge in [0, 0.05) is 32.7 Å². The Labute approximate surface area is 135 Å². The van der Waals surface area contributed by atoms with E-state index in [1.807, 2.05) is 0 Å². The molecule has 7 nitrogen and oxygen atoms in total. The molecule has 0 aromatic carbocycles. The van der Waals surface area contributed by atoms with Crippen LogP contribution in [0.5, 0.6) is 0 Å². The SMILES string of the molecule is O=C(CCNC(=O)c1ccco1)NCCCOCC1CCCO1. The smallest absolute Gasteiger partial charge is 0.286 e. The van der Waals surface area contributed by atoms with Crippen LogP contribution in [-0.4, -0.2) is 50.8 Å². The van der Waals surface area contributed by atoms with Gasteiger partial charge in [-0.15, -0.1) is 0 Å². The molecule has 2 N–H and O–H groups in total. The summed E-state index contributed by atoms with van der Waals surface area (Å²) in [5, 5.41) is 5.42. The molecule has 0 aliphatic carbocycles. The van der Waals surface area contributed by atoms with Crippen molar-refractivity contribution >= 4 is 11.8 Å². The normalized spacial score (nSPS) is 17.1. The van der Waals surface area contributed by atoms with E-state index < -0.39 is 0 Å². The molecule has 1 aromatic rings. The molecular weight excluding hydrogens is 300 g/mol. The molecule has 0 radical (unpaired) electrons. The highest BCUT2D eigenvalue weighted by Gasteiger charge is 2.15. The zero-order valence-corrected chi connectivity index (χ0v) is 13.2. The standard InChI is InChI=1S/C16H24N2O5/c19-15(6-8-18-16(20)14-5-2-11-23-14)17-7-3-9-21-12-13-4-1-10-22-13/h2,5,11,13H,1,3-4,6-10,12H2,(H,17,19)(H,18,20). The highest BCUT2D eigenvalue weighted by molar-refractivity contribution is 5.91. The highest BCUT2D eigenvalue weighted by atomic mass is 16.5. The van der Waals surface area contributed by atoms with Crippen LogP contribution in [0.3, 0.4) is 0 Å². The second-order valence-corrected chi connectivity index (χ2v) is 5.40. The molecule has 128 valence electrons. The summed E-state index contributed by atoms with van der Waals surface area (Å²) in [5.41, 5.74) is 0. The Hall–Kier alpha value is -1.86. The number of carbonyl (C=O) groups is 2.